The first-order chi connectivity index (χ1) is 8.19. The van der Waals surface area contributed by atoms with Gasteiger partial charge in [0.25, 0.3) is 0 Å². The normalized spacial score (nSPS) is 25.1. The van der Waals surface area contributed by atoms with E-state index >= 15 is 0 Å². The fraction of sp³-hybridized carbons (Fsp3) is 0.692. The van der Waals surface area contributed by atoms with Gasteiger partial charge in [0, 0.05) is 32.1 Å². The fourth-order valence-electron chi connectivity index (χ4n) is 2.39. The van der Waals surface area contributed by atoms with E-state index < -0.39 is 0 Å². The van der Waals surface area contributed by atoms with E-state index in [0.717, 1.165) is 17.8 Å². The molecule has 1 fully saturated rings. The summed E-state index contributed by atoms with van der Waals surface area (Å²) in [6.07, 6.45) is 7.72. The highest BCUT2D eigenvalue weighted by molar-refractivity contribution is 9.10. The Kier molecular flexibility index (Phi) is 5.40. The molecule has 96 valence electrons. The van der Waals surface area contributed by atoms with Crippen LogP contribution in [-0.2, 0) is 6.54 Å². The van der Waals surface area contributed by atoms with Gasteiger partial charge in [0.1, 0.15) is 0 Å². The smallest absolute Gasteiger partial charge is 0.0314 e. The van der Waals surface area contributed by atoms with Gasteiger partial charge in [-0.05, 0) is 54.4 Å². The van der Waals surface area contributed by atoms with Crippen LogP contribution in [0.5, 0.6) is 0 Å². The number of aryl methyl sites for hydroxylation is 1. The first-order valence-corrected chi connectivity index (χ1v) is 9.09. The Labute approximate surface area is 121 Å². The molecule has 1 aromatic rings. The molecule has 0 bridgehead atoms. The minimum absolute atomic E-state index is 0.724. The molecule has 1 nitrogen and oxygen atoms in total. The van der Waals surface area contributed by atoms with Gasteiger partial charge in [0.05, 0.1) is 0 Å². The van der Waals surface area contributed by atoms with Gasteiger partial charge in [-0.15, -0.1) is 11.3 Å². The summed E-state index contributed by atoms with van der Waals surface area (Å²) < 4.78 is 1.25. The second-order valence-corrected chi connectivity index (χ2v) is 8.05. The Bertz CT molecular complexity index is 345. The third kappa shape index (κ3) is 3.98. The van der Waals surface area contributed by atoms with Gasteiger partial charge in [-0.1, -0.05) is 6.42 Å². The van der Waals surface area contributed by atoms with E-state index in [1.165, 1.54) is 39.9 Å². The number of nitrogens with one attached hydrogen (secondary N) is 1. The second kappa shape index (κ2) is 6.60. The molecule has 0 radical (unpaired) electrons. The van der Waals surface area contributed by atoms with Crippen LogP contribution in [0.3, 0.4) is 0 Å². The van der Waals surface area contributed by atoms with E-state index in [0.29, 0.717) is 0 Å². The van der Waals surface area contributed by atoms with Crippen molar-refractivity contribution in [1.82, 2.24) is 5.32 Å². The number of thioether (sulfide) groups is 1. The lowest BCUT2D eigenvalue weighted by Gasteiger charge is -2.28. The predicted octanol–water partition coefficient (Wildman–Crippen LogP) is 4.58. The van der Waals surface area contributed by atoms with Crippen LogP contribution in [0.25, 0.3) is 0 Å². The summed E-state index contributed by atoms with van der Waals surface area (Å²) in [6.45, 7) is 3.20. The number of hydrogen-bond acceptors (Lipinski definition) is 3. The van der Waals surface area contributed by atoms with Crippen LogP contribution in [0.4, 0.5) is 0 Å². The van der Waals surface area contributed by atoms with E-state index in [-0.39, 0.29) is 0 Å². The molecular formula is C13H20BrNS2. The van der Waals surface area contributed by atoms with Crippen molar-refractivity contribution in [2.75, 3.05) is 6.26 Å². The zero-order valence-corrected chi connectivity index (χ0v) is 13.7. The summed E-state index contributed by atoms with van der Waals surface area (Å²) in [7, 11) is 0. The highest BCUT2D eigenvalue weighted by Crippen LogP contribution is 2.29. The highest BCUT2D eigenvalue weighted by Gasteiger charge is 2.20. The maximum atomic E-state index is 3.72. The molecule has 2 unspecified atom stereocenters. The van der Waals surface area contributed by atoms with E-state index in [2.05, 4.69) is 40.5 Å². The highest BCUT2D eigenvalue weighted by atomic mass is 79.9. The maximum Gasteiger partial charge on any atom is 0.0314 e. The van der Waals surface area contributed by atoms with E-state index in [4.69, 9.17) is 0 Å². The minimum atomic E-state index is 0.724. The lowest BCUT2D eigenvalue weighted by atomic mass is 9.95. The Morgan fingerprint density at radius 3 is 3.00 bits per heavy atom. The van der Waals surface area contributed by atoms with Crippen molar-refractivity contribution >= 4 is 39.0 Å². The summed E-state index contributed by atoms with van der Waals surface area (Å²) in [5.74, 6) is 0. The van der Waals surface area contributed by atoms with E-state index in [9.17, 15) is 0 Å². The third-order valence-corrected chi connectivity index (χ3v) is 6.66. The van der Waals surface area contributed by atoms with Crippen molar-refractivity contribution in [1.29, 1.82) is 0 Å². The van der Waals surface area contributed by atoms with Crippen LogP contribution in [0, 0.1) is 6.92 Å². The molecular weight excluding hydrogens is 314 g/mol. The van der Waals surface area contributed by atoms with Crippen molar-refractivity contribution in [3.8, 4) is 0 Å². The van der Waals surface area contributed by atoms with Gasteiger partial charge < -0.3 is 5.32 Å². The molecule has 0 amide bonds. The Balaban J connectivity index is 1.81. The fourth-order valence-corrected chi connectivity index (χ4v) is 4.77. The second-order valence-electron chi connectivity index (χ2n) is 4.72. The Hall–Kier alpha value is 0.490. The van der Waals surface area contributed by atoms with E-state index in [1.807, 2.05) is 23.1 Å². The molecule has 0 aliphatic heterocycles. The standard InChI is InChI=1S/C13H20BrNS2/c1-9-13(14)7-12(17-9)8-15-10-4-3-5-11(6-10)16-2/h7,10-11,15H,3-6,8H2,1-2H3. The molecule has 1 aliphatic rings. The van der Waals surface area contributed by atoms with Crippen molar-refractivity contribution in [2.45, 2.75) is 50.4 Å². The molecule has 0 spiro atoms. The molecule has 1 heterocycles. The zero-order chi connectivity index (χ0) is 12.3. The van der Waals surface area contributed by atoms with E-state index in [1.54, 1.807) is 0 Å². The van der Waals surface area contributed by atoms with Crippen LogP contribution in [0.2, 0.25) is 0 Å². The summed E-state index contributed by atoms with van der Waals surface area (Å²) >= 11 is 7.51. The van der Waals surface area contributed by atoms with Crippen molar-refractivity contribution in [3.05, 3.63) is 20.3 Å². The number of halogens is 1. The average molecular weight is 334 g/mol. The van der Waals surface area contributed by atoms with Crippen molar-refractivity contribution < 1.29 is 0 Å². The van der Waals surface area contributed by atoms with Gasteiger partial charge in [-0.2, -0.15) is 11.8 Å². The molecule has 1 saturated carbocycles. The number of hydrogen-bond donors (Lipinski definition) is 1. The van der Waals surface area contributed by atoms with Crippen LogP contribution in [-0.4, -0.2) is 17.5 Å². The lowest BCUT2D eigenvalue weighted by molar-refractivity contribution is 0.381. The Morgan fingerprint density at radius 1 is 1.53 bits per heavy atom. The molecule has 1 aliphatic carbocycles. The van der Waals surface area contributed by atoms with Crippen LogP contribution >= 0.6 is 39.0 Å². The molecule has 17 heavy (non-hydrogen) atoms. The molecule has 1 N–H and O–H groups in total. The summed E-state index contributed by atoms with van der Waals surface area (Å²) in [5.41, 5.74) is 0. The topological polar surface area (TPSA) is 12.0 Å². The van der Waals surface area contributed by atoms with Gasteiger partial charge in [0.2, 0.25) is 0 Å². The first-order valence-electron chi connectivity index (χ1n) is 6.20. The van der Waals surface area contributed by atoms with Gasteiger partial charge >= 0.3 is 0 Å². The third-order valence-electron chi connectivity index (χ3n) is 3.43. The predicted molar refractivity (Wildman–Crippen MR) is 83.2 cm³/mol. The summed E-state index contributed by atoms with van der Waals surface area (Å²) in [4.78, 5) is 2.83. The van der Waals surface area contributed by atoms with Gasteiger partial charge in [-0.25, -0.2) is 0 Å². The van der Waals surface area contributed by atoms with Crippen molar-refractivity contribution in [3.63, 3.8) is 0 Å². The van der Waals surface area contributed by atoms with Crippen molar-refractivity contribution in [2.24, 2.45) is 0 Å². The average Bonchev–Trinajstić information content (AvgIpc) is 2.67. The molecule has 2 atom stereocenters. The van der Waals surface area contributed by atoms with Crippen LogP contribution < -0.4 is 5.32 Å². The molecule has 4 heteroatoms. The molecule has 0 aromatic carbocycles. The molecule has 2 rings (SSSR count). The summed E-state index contributed by atoms with van der Waals surface area (Å²) in [5, 5.41) is 4.59. The number of thiophene rings is 1. The monoisotopic (exact) mass is 333 g/mol. The molecule has 1 aromatic heterocycles. The van der Waals surface area contributed by atoms with Crippen LogP contribution in [0.1, 0.15) is 35.4 Å². The maximum absolute atomic E-state index is 3.72. The first kappa shape index (κ1) is 13.9. The lowest BCUT2D eigenvalue weighted by Crippen LogP contribution is -2.34. The van der Waals surface area contributed by atoms with Gasteiger partial charge in [0.15, 0.2) is 0 Å². The molecule has 0 saturated heterocycles. The minimum Gasteiger partial charge on any atom is -0.309 e. The quantitative estimate of drug-likeness (QED) is 0.865. The largest absolute Gasteiger partial charge is 0.309 e. The Morgan fingerprint density at radius 2 is 2.35 bits per heavy atom. The zero-order valence-electron chi connectivity index (χ0n) is 10.5. The van der Waals surface area contributed by atoms with Gasteiger partial charge in [-0.3, -0.25) is 0 Å². The van der Waals surface area contributed by atoms with Crippen LogP contribution in [0.15, 0.2) is 10.5 Å². The summed E-state index contributed by atoms with van der Waals surface area (Å²) in [6, 6.07) is 2.98. The number of rotatable bonds is 4. The SMILES string of the molecule is CSC1CCCC(NCc2cc(Br)c(C)s2)C1.